The molecule has 0 radical (unpaired) electrons. The molecule has 0 unspecified atom stereocenters. The van der Waals surface area contributed by atoms with E-state index in [1.165, 1.54) is 83.5 Å². The third kappa shape index (κ3) is 22.6. The lowest BCUT2D eigenvalue weighted by Gasteiger charge is -2.03. The van der Waals surface area contributed by atoms with Crippen molar-refractivity contribution in [2.45, 2.75) is 110 Å². The number of carboxylic acids is 1. The van der Waals surface area contributed by atoms with Crippen LogP contribution in [-0.4, -0.2) is 26.5 Å². The van der Waals surface area contributed by atoms with E-state index >= 15 is 0 Å². The standard InChI is InChI=1S/C18H36O2.C2H3N3/c1-2-3-4-5-6-7-8-9-10-11-12-13-14-15-16-17-18(19)20;1-2-4-5-3-1/h2-17H2,1H3,(H,19,20);1-2H,(H,3,4,5). The number of rotatable bonds is 16. The van der Waals surface area contributed by atoms with Crippen LogP contribution in [0.1, 0.15) is 110 Å². The highest BCUT2D eigenvalue weighted by Gasteiger charge is 1.97. The SMILES string of the molecule is CCCCCCCCCCCCCCCCCC(=O)O.c1cn[nH]n1. The van der Waals surface area contributed by atoms with Crippen LogP contribution < -0.4 is 0 Å². The Kier molecular flexibility index (Phi) is 19.5. The largest absolute Gasteiger partial charge is 0.481 e. The molecule has 0 aromatic carbocycles. The molecule has 0 saturated carbocycles. The Morgan fingerprint density at radius 1 is 0.720 bits per heavy atom. The summed E-state index contributed by atoms with van der Waals surface area (Å²) in [5.74, 6) is -0.653. The average molecular weight is 354 g/mol. The van der Waals surface area contributed by atoms with E-state index in [0.29, 0.717) is 6.42 Å². The fraction of sp³-hybridized carbons (Fsp3) is 0.850. The minimum absolute atomic E-state index is 0.345. The third-order valence-electron chi connectivity index (χ3n) is 4.33. The van der Waals surface area contributed by atoms with Gasteiger partial charge in [-0.15, -0.1) is 0 Å². The Labute approximate surface area is 154 Å². The Hall–Kier alpha value is -1.39. The van der Waals surface area contributed by atoms with Gasteiger partial charge in [0.15, 0.2) is 0 Å². The molecule has 0 atom stereocenters. The number of aliphatic carboxylic acids is 1. The van der Waals surface area contributed by atoms with Gasteiger partial charge in [0.1, 0.15) is 0 Å². The quantitative estimate of drug-likeness (QED) is 0.350. The Morgan fingerprint density at radius 3 is 1.36 bits per heavy atom. The third-order valence-corrected chi connectivity index (χ3v) is 4.33. The van der Waals surface area contributed by atoms with E-state index < -0.39 is 5.97 Å². The van der Waals surface area contributed by atoms with Gasteiger partial charge in [-0.3, -0.25) is 4.79 Å². The van der Waals surface area contributed by atoms with Gasteiger partial charge < -0.3 is 5.11 Å². The van der Waals surface area contributed by atoms with Crippen LogP contribution in [0.4, 0.5) is 0 Å². The van der Waals surface area contributed by atoms with Crippen molar-refractivity contribution in [3.63, 3.8) is 0 Å². The smallest absolute Gasteiger partial charge is 0.303 e. The highest BCUT2D eigenvalue weighted by Crippen LogP contribution is 2.13. The van der Waals surface area contributed by atoms with Crippen molar-refractivity contribution < 1.29 is 9.90 Å². The first-order valence-electron chi connectivity index (χ1n) is 10.3. The van der Waals surface area contributed by atoms with Crippen LogP contribution in [0.25, 0.3) is 0 Å². The molecule has 0 saturated heterocycles. The summed E-state index contributed by atoms with van der Waals surface area (Å²) in [5, 5.41) is 17.9. The van der Waals surface area contributed by atoms with Crippen LogP contribution >= 0.6 is 0 Å². The molecular weight excluding hydrogens is 314 g/mol. The lowest BCUT2D eigenvalue weighted by molar-refractivity contribution is -0.137. The maximum absolute atomic E-state index is 10.3. The van der Waals surface area contributed by atoms with E-state index in [0.717, 1.165) is 12.8 Å². The molecule has 0 fully saturated rings. The molecule has 146 valence electrons. The molecule has 0 aliphatic rings. The number of aromatic nitrogens is 3. The summed E-state index contributed by atoms with van der Waals surface area (Å²) in [6.07, 6.45) is 23.4. The summed E-state index contributed by atoms with van der Waals surface area (Å²) in [4.78, 5) is 10.3. The molecular formula is C20H39N3O2. The van der Waals surface area contributed by atoms with Crippen LogP contribution in [0.2, 0.25) is 0 Å². The molecule has 25 heavy (non-hydrogen) atoms. The van der Waals surface area contributed by atoms with Crippen LogP contribution in [0, 0.1) is 0 Å². The predicted octanol–water partition coefficient (Wildman–Crippen LogP) is 6.14. The Balaban J connectivity index is 0.000000972. The molecule has 0 amide bonds. The maximum Gasteiger partial charge on any atom is 0.303 e. The highest BCUT2D eigenvalue weighted by atomic mass is 16.4. The summed E-state index contributed by atoms with van der Waals surface area (Å²) in [6, 6.07) is 0. The molecule has 5 heteroatoms. The molecule has 0 aliphatic carbocycles. The topological polar surface area (TPSA) is 78.9 Å². The van der Waals surface area contributed by atoms with Gasteiger partial charge in [0, 0.05) is 6.42 Å². The molecule has 1 aromatic rings. The number of nitrogens with zero attached hydrogens (tertiary/aromatic N) is 2. The summed E-state index contributed by atoms with van der Waals surface area (Å²) in [7, 11) is 0. The van der Waals surface area contributed by atoms with E-state index in [1.807, 2.05) is 0 Å². The zero-order valence-electron chi connectivity index (χ0n) is 16.2. The van der Waals surface area contributed by atoms with E-state index in [9.17, 15) is 4.79 Å². The monoisotopic (exact) mass is 353 g/mol. The maximum atomic E-state index is 10.3. The zero-order chi connectivity index (χ0) is 18.4. The number of nitrogens with one attached hydrogen (secondary N) is 1. The summed E-state index contributed by atoms with van der Waals surface area (Å²) in [5.41, 5.74) is 0. The molecule has 5 nitrogen and oxygen atoms in total. The lowest BCUT2D eigenvalue weighted by atomic mass is 10.0. The van der Waals surface area contributed by atoms with Crippen molar-refractivity contribution >= 4 is 5.97 Å². The summed E-state index contributed by atoms with van der Waals surface area (Å²) >= 11 is 0. The van der Waals surface area contributed by atoms with Gasteiger partial charge in [0.25, 0.3) is 0 Å². The molecule has 1 heterocycles. The second kappa shape index (κ2) is 20.7. The van der Waals surface area contributed by atoms with Gasteiger partial charge >= 0.3 is 5.97 Å². The Morgan fingerprint density at radius 2 is 1.08 bits per heavy atom. The molecule has 2 N–H and O–H groups in total. The van der Waals surface area contributed by atoms with Gasteiger partial charge in [-0.05, 0) is 6.42 Å². The summed E-state index contributed by atoms with van der Waals surface area (Å²) in [6.45, 7) is 2.27. The van der Waals surface area contributed by atoms with Crippen molar-refractivity contribution in [3.05, 3.63) is 12.4 Å². The van der Waals surface area contributed by atoms with E-state index in [4.69, 9.17) is 5.11 Å². The summed E-state index contributed by atoms with van der Waals surface area (Å²) < 4.78 is 0. The predicted molar refractivity (Wildman–Crippen MR) is 104 cm³/mol. The number of aromatic amines is 1. The first-order chi connectivity index (χ1) is 12.3. The normalized spacial score (nSPS) is 10.3. The molecule has 0 aliphatic heterocycles. The fourth-order valence-corrected chi connectivity index (χ4v) is 2.81. The minimum Gasteiger partial charge on any atom is -0.481 e. The number of hydrogen-bond acceptors (Lipinski definition) is 3. The number of unbranched alkanes of at least 4 members (excludes halogenated alkanes) is 14. The van der Waals surface area contributed by atoms with Gasteiger partial charge in [0.2, 0.25) is 0 Å². The van der Waals surface area contributed by atoms with Gasteiger partial charge in [-0.2, -0.15) is 15.4 Å². The van der Waals surface area contributed by atoms with Gasteiger partial charge in [-0.25, -0.2) is 0 Å². The first-order valence-corrected chi connectivity index (χ1v) is 10.3. The number of hydrogen-bond donors (Lipinski definition) is 2. The van der Waals surface area contributed by atoms with E-state index in [2.05, 4.69) is 22.3 Å². The first kappa shape index (κ1) is 23.6. The Bertz CT molecular complexity index is 339. The van der Waals surface area contributed by atoms with Crippen molar-refractivity contribution in [3.8, 4) is 0 Å². The second-order valence-corrected chi connectivity index (χ2v) is 6.75. The van der Waals surface area contributed by atoms with Crippen molar-refractivity contribution in [2.75, 3.05) is 0 Å². The van der Waals surface area contributed by atoms with E-state index in [-0.39, 0.29) is 0 Å². The van der Waals surface area contributed by atoms with Crippen molar-refractivity contribution in [1.82, 2.24) is 15.4 Å². The van der Waals surface area contributed by atoms with Crippen molar-refractivity contribution in [2.24, 2.45) is 0 Å². The average Bonchev–Trinajstić information content (AvgIpc) is 3.18. The minimum atomic E-state index is -0.653. The highest BCUT2D eigenvalue weighted by molar-refractivity contribution is 5.66. The molecule has 0 bridgehead atoms. The number of carboxylic acid groups (broad SMARTS) is 1. The zero-order valence-corrected chi connectivity index (χ0v) is 16.2. The molecule has 1 aromatic heterocycles. The van der Waals surface area contributed by atoms with Crippen LogP contribution in [0.15, 0.2) is 12.4 Å². The van der Waals surface area contributed by atoms with Crippen LogP contribution in [0.3, 0.4) is 0 Å². The van der Waals surface area contributed by atoms with E-state index in [1.54, 1.807) is 12.4 Å². The van der Waals surface area contributed by atoms with Crippen LogP contribution in [-0.2, 0) is 4.79 Å². The molecule has 1 rings (SSSR count). The van der Waals surface area contributed by atoms with Crippen LogP contribution in [0.5, 0.6) is 0 Å². The number of H-pyrrole nitrogens is 1. The van der Waals surface area contributed by atoms with Crippen molar-refractivity contribution in [1.29, 1.82) is 0 Å². The van der Waals surface area contributed by atoms with Gasteiger partial charge in [-0.1, -0.05) is 96.8 Å². The fourth-order valence-electron chi connectivity index (χ4n) is 2.81. The lowest BCUT2D eigenvalue weighted by Crippen LogP contribution is -1.93. The second-order valence-electron chi connectivity index (χ2n) is 6.75. The van der Waals surface area contributed by atoms with Gasteiger partial charge in [0.05, 0.1) is 12.4 Å². The molecule has 0 spiro atoms. The number of carbonyl (C=O) groups is 1.